The van der Waals surface area contributed by atoms with Gasteiger partial charge in [0.25, 0.3) is 0 Å². The van der Waals surface area contributed by atoms with Crippen LogP contribution >= 0.6 is 11.3 Å². The van der Waals surface area contributed by atoms with E-state index in [9.17, 15) is 9.50 Å². The van der Waals surface area contributed by atoms with Crippen molar-refractivity contribution in [1.82, 2.24) is 0 Å². The molecule has 0 aliphatic heterocycles. The smallest absolute Gasteiger partial charge is 0.493 e. The van der Waals surface area contributed by atoms with E-state index in [1.807, 2.05) is 0 Å². The number of rotatable bonds is 1. The van der Waals surface area contributed by atoms with Crippen LogP contribution in [0.25, 0.3) is 10.1 Å². The molecule has 0 unspecified atom stereocenters. The Morgan fingerprint density at radius 2 is 2.07 bits per heavy atom. The lowest BCUT2D eigenvalue weighted by molar-refractivity contribution is 0.414. The third kappa shape index (κ3) is 1.28. The first kappa shape index (κ1) is 9.45. The maximum atomic E-state index is 13.3. The second-order valence-electron chi connectivity index (χ2n) is 2.84. The zero-order valence-electron chi connectivity index (χ0n) is 6.94. The van der Waals surface area contributed by atoms with Crippen LogP contribution in [-0.4, -0.2) is 22.3 Å². The summed E-state index contributed by atoms with van der Waals surface area (Å²) in [5, 5.41) is 29.4. The van der Waals surface area contributed by atoms with Crippen molar-refractivity contribution in [2.75, 3.05) is 0 Å². The van der Waals surface area contributed by atoms with Crippen molar-refractivity contribution >= 4 is 34.0 Å². The highest BCUT2D eigenvalue weighted by Crippen LogP contribution is 2.26. The Hall–Kier alpha value is -1.11. The van der Waals surface area contributed by atoms with Gasteiger partial charge in [-0.2, -0.15) is 0 Å². The highest BCUT2D eigenvalue weighted by atomic mass is 32.1. The van der Waals surface area contributed by atoms with Gasteiger partial charge < -0.3 is 15.2 Å². The number of benzene rings is 1. The van der Waals surface area contributed by atoms with Gasteiger partial charge >= 0.3 is 7.12 Å². The van der Waals surface area contributed by atoms with Crippen LogP contribution in [0.15, 0.2) is 17.5 Å². The molecule has 0 fully saturated rings. The molecule has 0 saturated heterocycles. The molecule has 0 radical (unpaired) electrons. The van der Waals surface area contributed by atoms with Gasteiger partial charge in [0, 0.05) is 10.2 Å². The minimum absolute atomic E-state index is 0.269. The molecule has 3 nitrogen and oxygen atoms in total. The zero-order chi connectivity index (χ0) is 10.3. The highest BCUT2D eigenvalue weighted by molar-refractivity contribution is 7.18. The Balaban J connectivity index is 2.86. The summed E-state index contributed by atoms with van der Waals surface area (Å²) in [5.41, 5.74) is -0.269. The highest BCUT2D eigenvalue weighted by Gasteiger charge is 2.23. The fraction of sp³-hybridized carbons (Fsp3) is 0. The third-order valence-corrected chi connectivity index (χ3v) is 2.92. The standard InChI is InChI=1S/C8H6BFO3S/c10-7-5(11)3-4-1-2-14-8(4)6(7)9(12)13/h1-3,11-13H. The molecule has 1 heterocycles. The number of aromatic hydroxyl groups is 1. The predicted molar refractivity (Wildman–Crippen MR) is 53.3 cm³/mol. The number of phenols is 1. The second kappa shape index (κ2) is 3.23. The SMILES string of the molecule is OB(O)c1c(F)c(O)cc2ccsc12. The summed E-state index contributed by atoms with van der Waals surface area (Å²) in [4.78, 5) is 0. The van der Waals surface area contributed by atoms with E-state index in [4.69, 9.17) is 10.0 Å². The lowest BCUT2D eigenvalue weighted by atomic mass is 9.79. The molecule has 1 aromatic heterocycles. The first-order valence-corrected chi connectivity index (χ1v) is 4.74. The van der Waals surface area contributed by atoms with E-state index in [2.05, 4.69) is 0 Å². The number of phenolic OH excluding ortho intramolecular Hbond substituents is 1. The Morgan fingerprint density at radius 3 is 2.71 bits per heavy atom. The summed E-state index contributed by atoms with van der Waals surface area (Å²) >= 11 is 1.19. The summed E-state index contributed by atoms with van der Waals surface area (Å²) in [5.74, 6) is -1.55. The van der Waals surface area contributed by atoms with Crippen LogP contribution in [0, 0.1) is 5.82 Å². The molecule has 6 heteroatoms. The molecule has 3 N–H and O–H groups in total. The fourth-order valence-electron chi connectivity index (χ4n) is 1.33. The maximum Gasteiger partial charge on any atom is 0.493 e. The summed E-state index contributed by atoms with van der Waals surface area (Å²) < 4.78 is 13.7. The zero-order valence-corrected chi connectivity index (χ0v) is 7.75. The maximum absolute atomic E-state index is 13.3. The molecule has 2 rings (SSSR count). The van der Waals surface area contributed by atoms with Gasteiger partial charge in [-0.05, 0) is 22.9 Å². The van der Waals surface area contributed by atoms with Crippen molar-refractivity contribution < 1.29 is 19.5 Å². The van der Waals surface area contributed by atoms with Gasteiger partial charge in [0.1, 0.15) is 0 Å². The van der Waals surface area contributed by atoms with Gasteiger partial charge in [-0.1, -0.05) is 0 Å². The van der Waals surface area contributed by atoms with E-state index in [0.717, 1.165) is 0 Å². The Morgan fingerprint density at radius 1 is 1.36 bits per heavy atom. The quantitative estimate of drug-likeness (QED) is 0.600. The van der Waals surface area contributed by atoms with Crippen LogP contribution in [0.4, 0.5) is 4.39 Å². The van der Waals surface area contributed by atoms with Crippen LogP contribution in [0.2, 0.25) is 0 Å². The van der Waals surface area contributed by atoms with E-state index < -0.39 is 18.7 Å². The molecular formula is C8H6BFO3S. The monoisotopic (exact) mass is 212 g/mol. The van der Waals surface area contributed by atoms with E-state index in [1.54, 1.807) is 11.4 Å². The number of halogens is 1. The van der Waals surface area contributed by atoms with Crippen molar-refractivity contribution in [2.24, 2.45) is 0 Å². The van der Waals surface area contributed by atoms with Crippen LogP contribution in [-0.2, 0) is 0 Å². The average Bonchev–Trinajstić information content (AvgIpc) is 2.52. The summed E-state index contributed by atoms with van der Waals surface area (Å²) in [6, 6.07) is 2.93. The van der Waals surface area contributed by atoms with Gasteiger partial charge in [0.2, 0.25) is 0 Å². The van der Waals surface area contributed by atoms with E-state index in [0.29, 0.717) is 10.1 Å². The lowest BCUT2D eigenvalue weighted by Crippen LogP contribution is -2.33. The minimum Gasteiger partial charge on any atom is -0.505 e. The molecular weight excluding hydrogens is 206 g/mol. The molecule has 72 valence electrons. The first-order chi connectivity index (χ1) is 6.61. The number of hydrogen-bond acceptors (Lipinski definition) is 4. The largest absolute Gasteiger partial charge is 0.505 e. The van der Waals surface area contributed by atoms with Crippen molar-refractivity contribution in [3.05, 3.63) is 23.3 Å². The Labute approximate surface area is 83.2 Å². The van der Waals surface area contributed by atoms with E-state index in [-0.39, 0.29) is 5.46 Å². The molecule has 14 heavy (non-hydrogen) atoms. The second-order valence-corrected chi connectivity index (χ2v) is 3.75. The molecule has 2 aromatic rings. The normalized spacial score (nSPS) is 10.8. The summed E-state index contributed by atoms with van der Waals surface area (Å²) in [6.07, 6.45) is 0. The molecule has 0 atom stereocenters. The van der Waals surface area contributed by atoms with Gasteiger partial charge in [-0.25, -0.2) is 4.39 Å². The first-order valence-electron chi connectivity index (χ1n) is 3.86. The van der Waals surface area contributed by atoms with Gasteiger partial charge in [-0.3, -0.25) is 0 Å². The van der Waals surface area contributed by atoms with Crippen molar-refractivity contribution in [3.63, 3.8) is 0 Å². The number of thiophene rings is 1. The van der Waals surface area contributed by atoms with Gasteiger partial charge in [0.05, 0.1) is 0 Å². The van der Waals surface area contributed by atoms with Crippen molar-refractivity contribution in [3.8, 4) is 5.75 Å². The Bertz CT molecular complexity index is 483. The van der Waals surface area contributed by atoms with E-state index in [1.165, 1.54) is 17.4 Å². The van der Waals surface area contributed by atoms with Crippen molar-refractivity contribution in [1.29, 1.82) is 0 Å². The lowest BCUT2D eigenvalue weighted by Gasteiger charge is -2.05. The molecule has 0 saturated carbocycles. The van der Waals surface area contributed by atoms with Crippen LogP contribution < -0.4 is 5.46 Å². The van der Waals surface area contributed by atoms with Gasteiger partial charge in [0.15, 0.2) is 11.6 Å². The van der Waals surface area contributed by atoms with E-state index >= 15 is 0 Å². The topological polar surface area (TPSA) is 60.7 Å². The fourth-order valence-corrected chi connectivity index (χ4v) is 2.27. The predicted octanol–water partition coefficient (Wildman–Crippen LogP) is 0.426. The van der Waals surface area contributed by atoms with Gasteiger partial charge in [-0.15, -0.1) is 11.3 Å². The molecule has 0 aliphatic rings. The van der Waals surface area contributed by atoms with Crippen LogP contribution in [0.3, 0.4) is 0 Å². The Kier molecular flexibility index (Phi) is 2.18. The van der Waals surface area contributed by atoms with Crippen molar-refractivity contribution in [2.45, 2.75) is 0 Å². The molecule has 0 aliphatic carbocycles. The number of fused-ring (bicyclic) bond motifs is 1. The van der Waals surface area contributed by atoms with Crippen LogP contribution in [0.5, 0.6) is 5.75 Å². The summed E-state index contributed by atoms with van der Waals surface area (Å²) in [7, 11) is -1.91. The molecule has 1 aromatic carbocycles. The van der Waals surface area contributed by atoms with Crippen LogP contribution in [0.1, 0.15) is 0 Å². The molecule has 0 bridgehead atoms. The molecule has 0 amide bonds. The minimum atomic E-state index is -1.91. The average molecular weight is 212 g/mol. The molecule has 0 spiro atoms. The summed E-state index contributed by atoms with van der Waals surface area (Å²) in [6.45, 7) is 0. The number of hydrogen-bond donors (Lipinski definition) is 3. The third-order valence-electron chi connectivity index (χ3n) is 1.95.